The standard InChI is InChI=1S/C15H10ClN3O2/c16-13-6-11(15(20)21)7-17-14(13)19-9-12(8-18-19)10-4-2-1-3-5-10/h1-9H,(H,20,21). The molecule has 0 aliphatic carbocycles. The molecule has 3 rings (SSSR count). The molecule has 0 spiro atoms. The molecule has 6 heteroatoms. The number of hydrogen-bond acceptors (Lipinski definition) is 3. The predicted molar refractivity (Wildman–Crippen MR) is 78.8 cm³/mol. The lowest BCUT2D eigenvalue weighted by atomic mass is 10.1. The molecular formula is C15H10ClN3O2. The van der Waals surface area contributed by atoms with Crippen molar-refractivity contribution in [2.75, 3.05) is 0 Å². The first kappa shape index (κ1) is 13.3. The first-order valence-electron chi connectivity index (χ1n) is 6.14. The van der Waals surface area contributed by atoms with Crippen LogP contribution in [0.4, 0.5) is 0 Å². The third-order valence-corrected chi connectivity index (χ3v) is 3.25. The molecule has 1 aromatic carbocycles. The molecule has 0 amide bonds. The van der Waals surface area contributed by atoms with E-state index in [1.165, 1.54) is 16.9 Å². The van der Waals surface area contributed by atoms with E-state index in [1.54, 1.807) is 12.4 Å². The Bertz CT molecular complexity index is 800. The highest BCUT2D eigenvalue weighted by molar-refractivity contribution is 6.32. The maximum atomic E-state index is 10.9. The summed E-state index contributed by atoms with van der Waals surface area (Å²) < 4.78 is 1.52. The van der Waals surface area contributed by atoms with E-state index in [0.717, 1.165) is 11.1 Å². The van der Waals surface area contributed by atoms with Crippen LogP contribution in [0.2, 0.25) is 5.02 Å². The number of benzene rings is 1. The molecule has 2 aromatic heterocycles. The Labute approximate surface area is 125 Å². The number of pyridine rings is 1. The van der Waals surface area contributed by atoms with Crippen molar-refractivity contribution in [1.82, 2.24) is 14.8 Å². The summed E-state index contributed by atoms with van der Waals surface area (Å²) in [5, 5.41) is 13.4. The fourth-order valence-corrected chi connectivity index (χ4v) is 2.19. The van der Waals surface area contributed by atoms with E-state index < -0.39 is 5.97 Å². The number of hydrogen-bond donors (Lipinski definition) is 1. The minimum absolute atomic E-state index is 0.0409. The molecular weight excluding hydrogens is 290 g/mol. The molecule has 0 saturated heterocycles. The molecule has 0 saturated carbocycles. The van der Waals surface area contributed by atoms with Crippen LogP contribution in [0.5, 0.6) is 0 Å². The number of carbonyl (C=O) groups is 1. The summed E-state index contributed by atoms with van der Waals surface area (Å²) in [4.78, 5) is 14.9. The zero-order valence-corrected chi connectivity index (χ0v) is 11.5. The summed E-state index contributed by atoms with van der Waals surface area (Å²) in [6.45, 7) is 0. The molecule has 1 N–H and O–H groups in total. The van der Waals surface area contributed by atoms with Crippen molar-refractivity contribution in [1.29, 1.82) is 0 Å². The highest BCUT2D eigenvalue weighted by Crippen LogP contribution is 2.23. The minimum Gasteiger partial charge on any atom is -0.478 e. The zero-order valence-electron chi connectivity index (χ0n) is 10.8. The Kier molecular flexibility index (Phi) is 3.41. The molecule has 0 aliphatic rings. The van der Waals surface area contributed by atoms with Crippen molar-refractivity contribution in [3.8, 4) is 16.9 Å². The van der Waals surface area contributed by atoms with E-state index in [2.05, 4.69) is 10.1 Å². The van der Waals surface area contributed by atoms with Crippen LogP contribution in [-0.2, 0) is 0 Å². The lowest BCUT2D eigenvalue weighted by molar-refractivity contribution is 0.0696. The molecule has 0 bridgehead atoms. The Morgan fingerprint density at radius 3 is 2.57 bits per heavy atom. The Balaban J connectivity index is 1.99. The second kappa shape index (κ2) is 5.38. The smallest absolute Gasteiger partial charge is 0.337 e. The molecule has 0 atom stereocenters. The van der Waals surface area contributed by atoms with Gasteiger partial charge in [-0.3, -0.25) is 0 Å². The molecule has 3 aromatic rings. The van der Waals surface area contributed by atoms with Crippen LogP contribution in [0.15, 0.2) is 55.0 Å². The number of aromatic carboxylic acids is 1. The number of carboxylic acids is 1. The van der Waals surface area contributed by atoms with Gasteiger partial charge in [-0.1, -0.05) is 41.9 Å². The Morgan fingerprint density at radius 2 is 1.90 bits per heavy atom. The number of nitrogens with zero attached hydrogens (tertiary/aromatic N) is 3. The van der Waals surface area contributed by atoms with E-state index in [1.807, 2.05) is 30.3 Å². The van der Waals surface area contributed by atoms with Crippen molar-refractivity contribution < 1.29 is 9.90 Å². The SMILES string of the molecule is O=C(O)c1cnc(-n2cc(-c3ccccc3)cn2)c(Cl)c1. The van der Waals surface area contributed by atoms with Gasteiger partial charge >= 0.3 is 5.97 Å². The van der Waals surface area contributed by atoms with Crippen molar-refractivity contribution in [2.24, 2.45) is 0 Å². The van der Waals surface area contributed by atoms with Gasteiger partial charge in [0.05, 0.1) is 16.8 Å². The quantitative estimate of drug-likeness (QED) is 0.806. The number of rotatable bonds is 3. The van der Waals surface area contributed by atoms with Crippen molar-refractivity contribution in [2.45, 2.75) is 0 Å². The monoisotopic (exact) mass is 299 g/mol. The first-order chi connectivity index (χ1) is 10.1. The van der Waals surface area contributed by atoms with Gasteiger partial charge in [0.1, 0.15) is 0 Å². The van der Waals surface area contributed by atoms with Gasteiger partial charge in [-0.25, -0.2) is 14.5 Å². The molecule has 0 radical (unpaired) electrons. The molecule has 0 unspecified atom stereocenters. The summed E-state index contributed by atoms with van der Waals surface area (Å²) in [7, 11) is 0. The molecule has 21 heavy (non-hydrogen) atoms. The van der Waals surface area contributed by atoms with Gasteiger partial charge < -0.3 is 5.11 Å². The van der Waals surface area contributed by atoms with Crippen LogP contribution in [-0.4, -0.2) is 25.8 Å². The largest absolute Gasteiger partial charge is 0.478 e. The van der Waals surface area contributed by atoms with Crippen LogP contribution in [0, 0.1) is 0 Å². The van der Waals surface area contributed by atoms with Crippen LogP contribution in [0.3, 0.4) is 0 Å². The maximum Gasteiger partial charge on any atom is 0.337 e. The van der Waals surface area contributed by atoms with E-state index in [0.29, 0.717) is 5.82 Å². The molecule has 2 heterocycles. The van der Waals surface area contributed by atoms with Crippen molar-refractivity contribution in [3.63, 3.8) is 0 Å². The molecule has 5 nitrogen and oxygen atoms in total. The Hall–Kier alpha value is -2.66. The van der Waals surface area contributed by atoms with E-state index >= 15 is 0 Å². The van der Waals surface area contributed by atoms with Crippen LogP contribution >= 0.6 is 11.6 Å². The van der Waals surface area contributed by atoms with Crippen LogP contribution < -0.4 is 0 Å². The van der Waals surface area contributed by atoms with Gasteiger partial charge in [-0.2, -0.15) is 5.10 Å². The van der Waals surface area contributed by atoms with Crippen molar-refractivity contribution in [3.05, 3.63) is 65.6 Å². The van der Waals surface area contributed by atoms with Gasteiger partial charge in [0.25, 0.3) is 0 Å². The summed E-state index contributed by atoms with van der Waals surface area (Å²) in [6, 6.07) is 11.1. The fourth-order valence-electron chi connectivity index (χ4n) is 1.93. The van der Waals surface area contributed by atoms with Gasteiger partial charge in [0.15, 0.2) is 5.82 Å². The van der Waals surface area contributed by atoms with E-state index in [9.17, 15) is 4.79 Å². The summed E-state index contributed by atoms with van der Waals surface area (Å²) >= 11 is 6.08. The van der Waals surface area contributed by atoms with Gasteiger partial charge in [0.2, 0.25) is 0 Å². The highest BCUT2D eigenvalue weighted by atomic mass is 35.5. The summed E-state index contributed by atoms with van der Waals surface area (Å²) in [5.74, 6) is -0.676. The van der Waals surface area contributed by atoms with E-state index in [4.69, 9.17) is 16.7 Å². The number of halogens is 1. The average Bonchev–Trinajstić information content (AvgIpc) is 2.97. The zero-order chi connectivity index (χ0) is 14.8. The number of aromatic nitrogens is 3. The van der Waals surface area contributed by atoms with Crippen LogP contribution in [0.25, 0.3) is 16.9 Å². The second-order valence-electron chi connectivity index (χ2n) is 4.37. The third-order valence-electron chi connectivity index (χ3n) is 2.98. The fraction of sp³-hybridized carbons (Fsp3) is 0. The Morgan fingerprint density at radius 1 is 1.14 bits per heavy atom. The maximum absolute atomic E-state index is 10.9. The van der Waals surface area contributed by atoms with Crippen LogP contribution in [0.1, 0.15) is 10.4 Å². The minimum atomic E-state index is -1.07. The average molecular weight is 300 g/mol. The lowest BCUT2D eigenvalue weighted by Gasteiger charge is -2.03. The normalized spacial score (nSPS) is 10.5. The molecule has 0 aliphatic heterocycles. The number of carboxylic acid groups (broad SMARTS) is 1. The van der Waals surface area contributed by atoms with E-state index in [-0.39, 0.29) is 10.6 Å². The van der Waals surface area contributed by atoms with Crippen molar-refractivity contribution >= 4 is 17.6 Å². The highest BCUT2D eigenvalue weighted by Gasteiger charge is 2.11. The summed E-state index contributed by atoms with van der Waals surface area (Å²) in [5.41, 5.74) is 2.00. The lowest BCUT2D eigenvalue weighted by Crippen LogP contribution is -2.03. The van der Waals surface area contributed by atoms with Gasteiger partial charge in [0, 0.05) is 18.0 Å². The summed E-state index contributed by atoms with van der Waals surface area (Å²) in [6.07, 6.45) is 4.76. The van der Waals surface area contributed by atoms with Gasteiger partial charge in [-0.15, -0.1) is 0 Å². The second-order valence-corrected chi connectivity index (χ2v) is 4.78. The first-order valence-corrected chi connectivity index (χ1v) is 6.52. The predicted octanol–water partition coefficient (Wildman–Crippen LogP) is 3.29. The molecule has 104 valence electrons. The topological polar surface area (TPSA) is 68.0 Å². The van der Waals surface area contributed by atoms with Gasteiger partial charge in [-0.05, 0) is 11.6 Å². The molecule has 0 fully saturated rings. The third kappa shape index (κ3) is 2.64.